The summed E-state index contributed by atoms with van der Waals surface area (Å²) in [5.74, 6) is -0.402. The highest BCUT2D eigenvalue weighted by atomic mass is 16.6. The Morgan fingerprint density at radius 2 is 1.48 bits per heavy atom. The van der Waals surface area contributed by atoms with E-state index in [9.17, 15) is 9.59 Å². The normalized spacial score (nSPS) is 10.0. The van der Waals surface area contributed by atoms with Crippen LogP contribution in [0.2, 0.25) is 0 Å². The molecule has 0 bridgehead atoms. The zero-order valence-corrected chi connectivity index (χ0v) is 12.2. The van der Waals surface area contributed by atoms with Crippen LogP contribution in [0.1, 0.15) is 19.4 Å². The predicted octanol–water partition coefficient (Wildman–Crippen LogP) is 3.51. The maximum Gasteiger partial charge on any atom is 0.308 e. The molecule has 21 heavy (non-hydrogen) atoms. The molecule has 4 heteroatoms. The molecule has 0 radical (unpaired) electrons. The number of carbonyl (C=O) groups excluding carboxylic acids is 2. The smallest absolute Gasteiger partial charge is 0.308 e. The first-order chi connectivity index (χ1) is 9.99. The zero-order chi connectivity index (χ0) is 15.4. The van der Waals surface area contributed by atoms with Crippen LogP contribution in [-0.4, -0.2) is 11.9 Å². The van der Waals surface area contributed by atoms with Gasteiger partial charge in [-0.05, 0) is 24.1 Å². The van der Waals surface area contributed by atoms with Crippen molar-refractivity contribution in [3.05, 3.63) is 48.0 Å². The minimum atomic E-state index is -0.463. The molecule has 0 saturated heterocycles. The van der Waals surface area contributed by atoms with Crippen LogP contribution in [0.5, 0.6) is 11.5 Å². The predicted molar refractivity (Wildman–Crippen MR) is 79.2 cm³/mol. The summed E-state index contributed by atoms with van der Waals surface area (Å²) in [7, 11) is 0. The number of rotatable bonds is 3. The Labute approximate surface area is 123 Å². The van der Waals surface area contributed by atoms with Crippen LogP contribution in [-0.2, 0) is 9.59 Å². The van der Waals surface area contributed by atoms with Crippen molar-refractivity contribution in [2.45, 2.75) is 20.8 Å². The third-order valence-corrected chi connectivity index (χ3v) is 2.95. The molecular weight excluding hydrogens is 268 g/mol. The highest BCUT2D eigenvalue weighted by Gasteiger charge is 2.16. The van der Waals surface area contributed by atoms with E-state index in [-0.39, 0.29) is 11.5 Å². The maximum atomic E-state index is 11.3. The lowest BCUT2D eigenvalue weighted by molar-refractivity contribution is -0.134. The van der Waals surface area contributed by atoms with E-state index < -0.39 is 11.9 Å². The first-order valence-corrected chi connectivity index (χ1v) is 6.55. The van der Waals surface area contributed by atoms with Crippen molar-refractivity contribution in [3.8, 4) is 22.6 Å². The fourth-order valence-electron chi connectivity index (χ4n) is 2.10. The summed E-state index contributed by atoms with van der Waals surface area (Å²) < 4.78 is 10.3. The minimum absolute atomic E-state index is 0.245. The van der Waals surface area contributed by atoms with E-state index in [1.54, 1.807) is 6.07 Å². The zero-order valence-electron chi connectivity index (χ0n) is 12.2. The Hall–Kier alpha value is -2.62. The molecule has 0 aliphatic heterocycles. The van der Waals surface area contributed by atoms with Crippen LogP contribution in [0.15, 0.2) is 42.5 Å². The average Bonchev–Trinajstić information content (AvgIpc) is 2.43. The molecule has 0 unspecified atom stereocenters. The van der Waals surface area contributed by atoms with E-state index in [1.807, 2.05) is 43.3 Å². The van der Waals surface area contributed by atoms with Crippen LogP contribution in [0, 0.1) is 6.92 Å². The molecule has 0 fully saturated rings. The monoisotopic (exact) mass is 284 g/mol. The molecule has 0 heterocycles. The molecule has 0 atom stereocenters. The van der Waals surface area contributed by atoms with E-state index in [0.717, 1.165) is 16.7 Å². The van der Waals surface area contributed by atoms with E-state index in [0.29, 0.717) is 0 Å². The van der Waals surface area contributed by atoms with E-state index >= 15 is 0 Å². The number of benzene rings is 2. The second kappa shape index (κ2) is 6.22. The fraction of sp³-hybridized carbons (Fsp3) is 0.176. The van der Waals surface area contributed by atoms with Gasteiger partial charge in [0.15, 0.2) is 11.5 Å². The summed E-state index contributed by atoms with van der Waals surface area (Å²) in [6.45, 7) is 4.44. The number of carbonyl (C=O) groups is 2. The summed E-state index contributed by atoms with van der Waals surface area (Å²) in [5.41, 5.74) is 2.66. The fourth-order valence-corrected chi connectivity index (χ4v) is 2.10. The summed E-state index contributed by atoms with van der Waals surface area (Å²) >= 11 is 0. The maximum absolute atomic E-state index is 11.3. The van der Waals surface area contributed by atoms with Crippen molar-refractivity contribution in [3.63, 3.8) is 0 Å². The molecule has 0 aromatic heterocycles. The largest absolute Gasteiger partial charge is 0.423 e. The molecule has 4 nitrogen and oxygen atoms in total. The Kier molecular flexibility index (Phi) is 4.38. The molecule has 0 aliphatic carbocycles. The van der Waals surface area contributed by atoms with E-state index in [2.05, 4.69) is 0 Å². The van der Waals surface area contributed by atoms with Gasteiger partial charge in [0.05, 0.1) is 0 Å². The second-order valence-corrected chi connectivity index (χ2v) is 4.62. The van der Waals surface area contributed by atoms with Gasteiger partial charge in [-0.1, -0.05) is 36.4 Å². The van der Waals surface area contributed by atoms with Gasteiger partial charge in [0.1, 0.15) is 0 Å². The van der Waals surface area contributed by atoms with Crippen molar-refractivity contribution in [1.29, 1.82) is 0 Å². The Morgan fingerprint density at radius 1 is 0.857 bits per heavy atom. The quantitative estimate of drug-likeness (QED) is 0.639. The molecule has 0 amide bonds. The molecule has 108 valence electrons. The third kappa shape index (κ3) is 3.48. The SMILES string of the molecule is CC(=O)Oc1ccc(-c2ccccc2)c(C)c1OC(C)=O. The first kappa shape index (κ1) is 14.8. The highest BCUT2D eigenvalue weighted by Crippen LogP contribution is 2.38. The third-order valence-electron chi connectivity index (χ3n) is 2.95. The summed E-state index contributed by atoms with van der Waals surface area (Å²) in [6, 6.07) is 13.2. The van der Waals surface area contributed by atoms with Crippen LogP contribution in [0.25, 0.3) is 11.1 Å². The first-order valence-electron chi connectivity index (χ1n) is 6.55. The van der Waals surface area contributed by atoms with Gasteiger partial charge < -0.3 is 9.47 Å². The van der Waals surface area contributed by atoms with Crippen molar-refractivity contribution < 1.29 is 19.1 Å². The van der Waals surface area contributed by atoms with Crippen molar-refractivity contribution in [1.82, 2.24) is 0 Å². The van der Waals surface area contributed by atoms with E-state index in [1.165, 1.54) is 13.8 Å². The Balaban J connectivity index is 2.55. The molecule has 2 rings (SSSR count). The van der Waals surface area contributed by atoms with Gasteiger partial charge in [-0.3, -0.25) is 9.59 Å². The van der Waals surface area contributed by atoms with E-state index in [4.69, 9.17) is 9.47 Å². The van der Waals surface area contributed by atoms with Gasteiger partial charge in [-0.15, -0.1) is 0 Å². The summed E-state index contributed by atoms with van der Waals surface area (Å²) in [4.78, 5) is 22.4. The lowest BCUT2D eigenvalue weighted by atomic mass is 9.99. The van der Waals surface area contributed by atoms with Crippen LogP contribution < -0.4 is 9.47 Å². The lowest BCUT2D eigenvalue weighted by Gasteiger charge is -2.15. The second-order valence-electron chi connectivity index (χ2n) is 4.62. The minimum Gasteiger partial charge on any atom is -0.423 e. The Morgan fingerprint density at radius 3 is 2.05 bits per heavy atom. The standard InChI is InChI=1S/C17H16O4/c1-11-15(14-7-5-4-6-8-14)9-10-16(20-12(2)18)17(11)21-13(3)19/h4-10H,1-3H3. The number of hydrogen-bond acceptors (Lipinski definition) is 4. The van der Waals surface area contributed by atoms with Gasteiger partial charge in [-0.25, -0.2) is 0 Å². The lowest BCUT2D eigenvalue weighted by Crippen LogP contribution is -2.08. The topological polar surface area (TPSA) is 52.6 Å². The van der Waals surface area contributed by atoms with Crippen LogP contribution in [0.3, 0.4) is 0 Å². The molecular formula is C17H16O4. The molecule has 0 saturated carbocycles. The summed E-state index contributed by atoms with van der Waals surface area (Å²) in [6.07, 6.45) is 0. The number of hydrogen-bond donors (Lipinski definition) is 0. The molecule has 2 aromatic carbocycles. The van der Waals surface area contributed by atoms with Gasteiger partial charge in [-0.2, -0.15) is 0 Å². The van der Waals surface area contributed by atoms with Crippen molar-refractivity contribution >= 4 is 11.9 Å². The van der Waals surface area contributed by atoms with Crippen molar-refractivity contribution in [2.75, 3.05) is 0 Å². The van der Waals surface area contributed by atoms with Crippen LogP contribution >= 0.6 is 0 Å². The Bertz CT molecular complexity index is 675. The molecule has 0 spiro atoms. The van der Waals surface area contributed by atoms with Crippen molar-refractivity contribution in [2.24, 2.45) is 0 Å². The average molecular weight is 284 g/mol. The number of ether oxygens (including phenoxy) is 2. The highest BCUT2D eigenvalue weighted by molar-refractivity contribution is 5.78. The molecule has 0 N–H and O–H groups in total. The van der Waals surface area contributed by atoms with Gasteiger partial charge in [0, 0.05) is 19.4 Å². The molecule has 2 aromatic rings. The molecule has 0 aliphatic rings. The summed E-state index contributed by atoms with van der Waals surface area (Å²) in [5, 5.41) is 0. The van der Waals surface area contributed by atoms with Crippen LogP contribution in [0.4, 0.5) is 0 Å². The van der Waals surface area contributed by atoms with Gasteiger partial charge >= 0.3 is 11.9 Å². The van der Waals surface area contributed by atoms with Gasteiger partial charge in [0.25, 0.3) is 0 Å². The van der Waals surface area contributed by atoms with Gasteiger partial charge in [0.2, 0.25) is 0 Å². The number of esters is 2.